The Hall–Kier alpha value is -1.33. The first-order chi connectivity index (χ1) is 10.7. The van der Waals surface area contributed by atoms with Crippen LogP contribution in [0.5, 0.6) is 0 Å². The molecule has 0 aromatic rings. The molecule has 1 amide bonds. The van der Waals surface area contributed by atoms with Crippen LogP contribution in [0.3, 0.4) is 0 Å². The number of piperidine rings is 1. The molecule has 3 aliphatic rings. The predicted octanol–water partition coefficient (Wildman–Crippen LogP) is 2.24. The summed E-state index contributed by atoms with van der Waals surface area (Å²) in [6, 6.07) is 0. The minimum absolute atomic E-state index is 0.0167. The second-order valence-corrected chi connectivity index (χ2v) is 7.95. The summed E-state index contributed by atoms with van der Waals surface area (Å²) in [5, 5.41) is 21.1. The summed E-state index contributed by atoms with van der Waals surface area (Å²) < 4.78 is 5.43. The lowest BCUT2D eigenvalue weighted by Crippen LogP contribution is -2.49. The summed E-state index contributed by atoms with van der Waals surface area (Å²) in [4.78, 5) is 13.9. The van der Waals surface area contributed by atoms with E-state index in [0.717, 1.165) is 12.0 Å². The van der Waals surface area contributed by atoms with Crippen LogP contribution < -0.4 is 0 Å². The number of amides is 1. The fourth-order valence-electron chi connectivity index (χ4n) is 4.22. The van der Waals surface area contributed by atoms with E-state index in [0.29, 0.717) is 25.9 Å². The molecular weight excluding hydrogens is 294 g/mol. The molecule has 1 heterocycles. The van der Waals surface area contributed by atoms with Gasteiger partial charge in [0.2, 0.25) is 0 Å². The molecule has 2 aliphatic carbocycles. The van der Waals surface area contributed by atoms with Crippen molar-refractivity contribution in [3.63, 3.8) is 0 Å². The summed E-state index contributed by atoms with van der Waals surface area (Å²) >= 11 is 0. The normalized spacial score (nSPS) is 32.7. The molecule has 2 N–H and O–H groups in total. The van der Waals surface area contributed by atoms with E-state index >= 15 is 0 Å². The molecule has 5 nitrogen and oxygen atoms in total. The SMILES string of the molecule is CC(C)(C)OC(=O)N1CCC2(CC1)C1=CC=CCC1C(O)C2O. The minimum atomic E-state index is -0.751. The molecule has 0 aromatic carbocycles. The van der Waals surface area contributed by atoms with Crippen LogP contribution in [0.4, 0.5) is 4.79 Å². The topological polar surface area (TPSA) is 70.0 Å². The van der Waals surface area contributed by atoms with Crippen LogP contribution in [-0.2, 0) is 4.74 Å². The van der Waals surface area contributed by atoms with E-state index in [4.69, 9.17) is 4.74 Å². The van der Waals surface area contributed by atoms with Crippen molar-refractivity contribution in [3.05, 3.63) is 23.8 Å². The number of hydrogen-bond donors (Lipinski definition) is 2. The molecule has 128 valence electrons. The van der Waals surface area contributed by atoms with Gasteiger partial charge < -0.3 is 19.8 Å². The van der Waals surface area contributed by atoms with Gasteiger partial charge in [0.1, 0.15) is 5.60 Å². The van der Waals surface area contributed by atoms with E-state index < -0.39 is 23.2 Å². The molecule has 3 atom stereocenters. The van der Waals surface area contributed by atoms with Crippen molar-refractivity contribution in [2.24, 2.45) is 11.3 Å². The van der Waals surface area contributed by atoms with E-state index in [-0.39, 0.29) is 12.0 Å². The van der Waals surface area contributed by atoms with Gasteiger partial charge in [-0.1, -0.05) is 23.8 Å². The maximum Gasteiger partial charge on any atom is 0.410 e. The van der Waals surface area contributed by atoms with Gasteiger partial charge in [0, 0.05) is 24.4 Å². The molecule has 0 radical (unpaired) electrons. The highest BCUT2D eigenvalue weighted by molar-refractivity contribution is 5.68. The molecule has 5 heteroatoms. The molecule has 1 saturated carbocycles. The largest absolute Gasteiger partial charge is 0.444 e. The van der Waals surface area contributed by atoms with Gasteiger partial charge in [0.25, 0.3) is 0 Å². The summed E-state index contributed by atoms with van der Waals surface area (Å²) in [5.41, 5.74) is 0.258. The average molecular weight is 321 g/mol. The van der Waals surface area contributed by atoms with Gasteiger partial charge in [0.05, 0.1) is 12.2 Å². The van der Waals surface area contributed by atoms with Gasteiger partial charge in [-0.2, -0.15) is 0 Å². The Morgan fingerprint density at radius 3 is 2.57 bits per heavy atom. The summed E-state index contributed by atoms with van der Waals surface area (Å²) in [7, 11) is 0. The van der Waals surface area contributed by atoms with Crippen molar-refractivity contribution >= 4 is 6.09 Å². The third-order valence-electron chi connectivity index (χ3n) is 5.39. The number of nitrogens with zero attached hydrogens (tertiary/aromatic N) is 1. The zero-order valence-electron chi connectivity index (χ0n) is 14.2. The highest BCUT2D eigenvalue weighted by atomic mass is 16.6. The number of ether oxygens (including phenoxy) is 1. The van der Waals surface area contributed by atoms with Crippen molar-refractivity contribution < 1.29 is 19.7 Å². The van der Waals surface area contributed by atoms with Crippen molar-refractivity contribution in [1.82, 2.24) is 4.90 Å². The summed E-state index contributed by atoms with van der Waals surface area (Å²) in [5.74, 6) is 0.0167. The smallest absolute Gasteiger partial charge is 0.410 e. The van der Waals surface area contributed by atoms with Crippen LogP contribution in [-0.4, -0.2) is 52.1 Å². The lowest BCUT2D eigenvalue weighted by atomic mass is 9.70. The Kier molecular flexibility index (Phi) is 4.05. The van der Waals surface area contributed by atoms with Crippen molar-refractivity contribution in [1.29, 1.82) is 0 Å². The number of carbonyl (C=O) groups is 1. The van der Waals surface area contributed by atoms with Gasteiger partial charge in [-0.25, -0.2) is 4.79 Å². The fraction of sp³-hybridized carbons (Fsp3) is 0.722. The third kappa shape index (κ3) is 2.81. The second kappa shape index (κ2) is 5.64. The Bertz CT molecular complexity index is 538. The molecule has 23 heavy (non-hydrogen) atoms. The maximum absolute atomic E-state index is 12.2. The molecule has 3 rings (SSSR count). The van der Waals surface area contributed by atoms with Crippen LogP contribution in [0.25, 0.3) is 0 Å². The standard InChI is InChI=1S/C18H27NO4/c1-17(2,3)23-16(22)19-10-8-18(9-11-19)13-7-5-4-6-12(13)14(20)15(18)21/h4-5,7,12,14-15,20-21H,6,8-11H2,1-3H3. The molecule has 0 aromatic heterocycles. The molecular formula is C18H27NO4. The lowest BCUT2D eigenvalue weighted by molar-refractivity contribution is -0.0495. The van der Waals surface area contributed by atoms with Crippen molar-refractivity contribution in [3.8, 4) is 0 Å². The zero-order valence-corrected chi connectivity index (χ0v) is 14.2. The number of rotatable bonds is 0. The number of aliphatic hydroxyl groups is 2. The van der Waals surface area contributed by atoms with E-state index in [1.54, 1.807) is 4.90 Å². The monoisotopic (exact) mass is 321 g/mol. The maximum atomic E-state index is 12.2. The first-order valence-corrected chi connectivity index (χ1v) is 8.46. The Morgan fingerprint density at radius 2 is 1.96 bits per heavy atom. The average Bonchev–Trinajstić information content (AvgIpc) is 2.70. The highest BCUT2D eigenvalue weighted by Crippen LogP contribution is 2.55. The number of carbonyl (C=O) groups excluding carboxylic acids is 1. The van der Waals surface area contributed by atoms with Crippen LogP contribution in [0.1, 0.15) is 40.0 Å². The lowest BCUT2D eigenvalue weighted by Gasteiger charge is -2.43. The van der Waals surface area contributed by atoms with E-state index in [1.165, 1.54) is 0 Å². The predicted molar refractivity (Wildman–Crippen MR) is 86.8 cm³/mol. The molecule has 2 fully saturated rings. The summed E-state index contributed by atoms with van der Waals surface area (Å²) in [6.07, 6.45) is 6.46. The van der Waals surface area contributed by atoms with Gasteiger partial charge in [0.15, 0.2) is 0 Å². The Balaban J connectivity index is 1.73. The van der Waals surface area contributed by atoms with Crippen LogP contribution in [0.15, 0.2) is 23.8 Å². The van der Waals surface area contributed by atoms with E-state index in [2.05, 4.69) is 6.08 Å². The van der Waals surface area contributed by atoms with E-state index in [9.17, 15) is 15.0 Å². The number of aliphatic hydroxyl groups excluding tert-OH is 2. The Morgan fingerprint density at radius 1 is 1.30 bits per heavy atom. The first kappa shape index (κ1) is 16.5. The zero-order chi connectivity index (χ0) is 16.8. The molecule has 1 saturated heterocycles. The van der Waals surface area contributed by atoms with Gasteiger partial charge in [-0.15, -0.1) is 0 Å². The molecule has 1 spiro atoms. The highest BCUT2D eigenvalue weighted by Gasteiger charge is 2.56. The van der Waals surface area contributed by atoms with E-state index in [1.807, 2.05) is 32.9 Å². The van der Waals surface area contributed by atoms with Gasteiger partial charge >= 0.3 is 6.09 Å². The quantitative estimate of drug-likeness (QED) is 0.718. The summed E-state index contributed by atoms with van der Waals surface area (Å²) in [6.45, 7) is 6.67. The van der Waals surface area contributed by atoms with Gasteiger partial charge in [-0.3, -0.25) is 0 Å². The van der Waals surface area contributed by atoms with Crippen LogP contribution >= 0.6 is 0 Å². The number of allylic oxidation sites excluding steroid dienone is 3. The van der Waals surface area contributed by atoms with Crippen LogP contribution in [0.2, 0.25) is 0 Å². The van der Waals surface area contributed by atoms with Crippen molar-refractivity contribution in [2.45, 2.75) is 57.8 Å². The van der Waals surface area contributed by atoms with Crippen molar-refractivity contribution in [2.75, 3.05) is 13.1 Å². The second-order valence-electron chi connectivity index (χ2n) is 7.95. The van der Waals surface area contributed by atoms with Crippen LogP contribution in [0, 0.1) is 11.3 Å². The minimum Gasteiger partial charge on any atom is -0.444 e. The molecule has 3 unspecified atom stereocenters. The van der Waals surface area contributed by atoms with Gasteiger partial charge in [-0.05, 0) is 40.0 Å². The first-order valence-electron chi connectivity index (χ1n) is 8.46. The number of hydrogen-bond acceptors (Lipinski definition) is 4. The molecule has 0 bridgehead atoms. The number of likely N-dealkylation sites (tertiary alicyclic amines) is 1. The fourth-order valence-corrected chi connectivity index (χ4v) is 4.22. The number of fused-ring (bicyclic) bond motifs is 2. The Labute approximate surface area is 137 Å². The third-order valence-corrected chi connectivity index (χ3v) is 5.39. The molecule has 1 aliphatic heterocycles.